The maximum atomic E-state index is 12.3. The van der Waals surface area contributed by atoms with Gasteiger partial charge in [0, 0.05) is 29.1 Å². The lowest BCUT2D eigenvalue weighted by atomic mass is 9.98. The molecule has 0 fully saturated rings. The second-order valence-electron chi connectivity index (χ2n) is 5.35. The van der Waals surface area contributed by atoms with Crippen molar-refractivity contribution in [2.75, 3.05) is 10.6 Å². The molecule has 2 N–H and O–H groups in total. The molecular formula is C15H15ClN4O2. The number of rotatable bonds is 2. The zero-order valence-electron chi connectivity index (χ0n) is 12.2. The number of carbonyl (C=O) groups excluding carboxylic acids is 2. The highest BCUT2D eigenvalue weighted by molar-refractivity contribution is 6.30. The summed E-state index contributed by atoms with van der Waals surface area (Å²) in [5, 5.41) is 10.5. The Morgan fingerprint density at radius 2 is 2.09 bits per heavy atom. The molecule has 0 bridgehead atoms. The SMILES string of the molecule is CC1Cc2c(NC(=O)c3ccc(Cl)cc3)nn(C)c2NC1=O. The Hall–Kier alpha value is -2.34. The average Bonchev–Trinajstić information content (AvgIpc) is 2.76. The maximum Gasteiger partial charge on any atom is 0.256 e. The number of carbonyl (C=O) groups is 2. The van der Waals surface area contributed by atoms with Gasteiger partial charge < -0.3 is 10.6 Å². The van der Waals surface area contributed by atoms with E-state index in [-0.39, 0.29) is 17.7 Å². The molecule has 2 amide bonds. The van der Waals surface area contributed by atoms with Crippen molar-refractivity contribution in [3.05, 3.63) is 40.4 Å². The lowest BCUT2D eigenvalue weighted by Gasteiger charge is -2.19. The predicted molar refractivity (Wildman–Crippen MR) is 84.1 cm³/mol. The molecule has 3 rings (SSSR count). The van der Waals surface area contributed by atoms with E-state index in [4.69, 9.17) is 11.6 Å². The quantitative estimate of drug-likeness (QED) is 0.893. The van der Waals surface area contributed by atoms with Crippen molar-refractivity contribution < 1.29 is 9.59 Å². The Morgan fingerprint density at radius 3 is 2.77 bits per heavy atom. The van der Waals surface area contributed by atoms with Crippen LogP contribution in [0.5, 0.6) is 0 Å². The Morgan fingerprint density at radius 1 is 1.41 bits per heavy atom. The normalized spacial score (nSPS) is 16.9. The van der Waals surface area contributed by atoms with Crippen LogP contribution >= 0.6 is 11.6 Å². The van der Waals surface area contributed by atoms with Crippen molar-refractivity contribution in [3.63, 3.8) is 0 Å². The van der Waals surface area contributed by atoms with E-state index >= 15 is 0 Å². The van der Waals surface area contributed by atoms with Crippen molar-refractivity contribution in [1.82, 2.24) is 9.78 Å². The number of benzene rings is 1. The number of amides is 2. The largest absolute Gasteiger partial charge is 0.310 e. The van der Waals surface area contributed by atoms with Gasteiger partial charge in [-0.05, 0) is 30.7 Å². The van der Waals surface area contributed by atoms with E-state index in [9.17, 15) is 9.59 Å². The third-order valence-corrected chi connectivity index (χ3v) is 3.94. The van der Waals surface area contributed by atoms with Crippen LogP contribution in [0, 0.1) is 5.92 Å². The van der Waals surface area contributed by atoms with Crippen LogP contribution in [-0.2, 0) is 18.3 Å². The first kappa shape index (κ1) is 14.6. The van der Waals surface area contributed by atoms with Gasteiger partial charge in [-0.2, -0.15) is 5.10 Å². The Balaban J connectivity index is 1.87. The van der Waals surface area contributed by atoms with Crippen molar-refractivity contribution >= 4 is 35.1 Å². The topological polar surface area (TPSA) is 76.0 Å². The summed E-state index contributed by atoms with van der Waals surface area (Å²) in [6.45, 7) is 1.84. The molecule has 0 saturated carbocycles. The summed E-state index contributed by atoms with van der Waals surface area (Å²) in [6, 6.07) is 6.62. The van der Waals surface area contributed by atoms with Gasteiger partial charge in [-0.15, -0.1) is 0 Å². The van der Waals surface area contributed by atoms with Crippen LogP contribution in [0.1, 0.15) is 22.8 Å². The van der Waals surface area contributed by atoms with E-state index < -0.39 is 0 Å². The van der Waals surface area contributed by atoms with Gasteiger partial charge in [-0.1, -0.05) is 18.5 Å². The van der Waals surface area contributed by atoms with Crippen LogP contribution in [0.4, 0.5) is 11.6 Å². The van der Waals surface area contributed by atoms with Crippen LogP contribution in [0.3, 0.4) is 0 Å². The molecule has 114 valence electrons. The molecule has 1 unspecified atom stereocenters. The molecule has 0 aliphatic carbocycles. The summed E-state index contributed by atoms with van der Waals surface area (Å²) in [7, 11) is 1.73. The van der Waals surface area contributed by atoms with Gasteiger partial charge >= 0.3 is 0 Å². The number of nitrogens with zero attached hydrogens (tertiary/aromatic N) is 2. The zero-order chi connectivity index (χ0) is 15.9. The molecule has 1 atom stereocenters. The van der Waals surface area contributed by atoms with Crippen LogP contribution in [-0.4, -0.2) is 21.6 Å². The number of halogens is 1. The van der Waals surface area contributed by atoms with Gasteiger partial charge in [0.2, 0.25) is 5.91 Å². The van der Waals surface area contributed by atoms with E-state index in [0.717, 1.165) is 5.56 Å². The number of hydrogen-bond acceptors (Lipinski definition) is 3. The van der Waals surface area contributed by atoms with E-state index in [1.165, 1.54) is 0 Å². The third-order valence-electron chi connectivity index (χ3n) is 3.68. The molecule has 22 heavy (non-hydrogen) atoms. The van der Waals surface area contributed by atoms with Crippen LogP contribution in [0.25, 0.3) is 0 Å². The van der Waals surface area contributed by atoms with Gasteiger partial charge in [0.1, 0.15) is 5.82 Å². The highest BCUT2D eigenvalue weighted by atomic mass is 35.5. The zero-order valence-corrected chi connectivity index (χ0v) is 12.9. The van der Waals surface area contributed by atoms with Gasteiger partial charge in [0.05, 0.1) is 0 Å². The summed E-state index contributed by atoms with van der Waals surface area (Å²) >= 11 is 5.82. The molecule has 1 aromatic carbocycles. The van der Waals surface area contributed by atoms with E-state index in [0.29, 0.717) is 28.6 Å². The van der Waals surface area contributed by atoms with E-state index in [2.05, 4.69) is 15.7 Å². The Bertz CT molecular complexity index is 752. The summed E-state index contributed by atoms with van der Waals surface area (Å²) in [4.78, 5) is 24.0. The molecular weight excluding hydrogens is 304 g/mol. The second-order valence-corrected chi connectivity index (χ2v) is 5.79. The number of hydrogen-bond donors (Lipinski definition) is 2. The van der Waals surface area contributed by atoms with Gasteiger partial charge in [-0.25, -0.2) is 0 Å². The number of anilines is 2. The molecule has 7 heteroatoms. The van der Waals surface area contributed by atoms with Crippen molar-refractivity contribution in [2.45, 2.75) is 13.3 Å². The average molecular weight is 319 g/mol. The number of fused-ring (bicyclic) bond motifs is 1. The minimum atomic E-state index is -0.262. The Kier molecular flexibility index (Phi) is 3.62. The minimum absolute atomic E-state index is 0.0360. The van der Waals surface area contributed by atoms with Crippen molar-refractivity contribution in [2.24, 2.45) is 13.0 Å². The smallest absolute Gasteiger partial charge is 0.256 e. The van der Waals surface area contributed by atoms with Gasteiger partial charge in [-0.3, -0.25) is 14.3 Å². The van der Waals surface area contributed by atoms with Crippen molar-refractivity contribution in [1.29, 1.82) is 0 Å². The minimum Gasteiger partial charge on any atom is -0.310 e. The highest BCUT2D eigenvalue weighted by Crippen LogP contribution is 2.31. The predicted octanol–water partition coefficient (Wildman–Crippen LogP) is 2.46. The van der Waals surface area contributed by atoms with Crippen LogP contribution in [0.2, 0.25) is 5.02 Å². The molecule has 0 spiro atoms. The number of aryl methyl sites for hydroxylation is 1. The van der Waals surface area contributed by atoms with E-state index in [1.807, 2.05) is 6.92 Å². The van der Waals surface area contributed by atoms with Crippen molar-refractivity contribution in [3.8, 4) is 0 Å². The fraction of sp³-hybridized carbons (Fsp3) is 0.267. The molecule has 0 saturated heterocycles. The first-order valence-electron chi connectivity index (χ1n) is 6.89. The molecule has 1 aliphatic rings. The lowest BCUT2D eigenvalue weighted by Crippen LogP contribution is -2.28. The first-order valence-corrected chi connectivity index (χ1v) is 7.27. The standard InChI is InChI=1S/C15H15ClN4O2/c1-8-7-11-12(19-20(2)13(11)18-14(8)21)17-15(22)9-3-5-10(16)6-4-9/h3-6,8H,7H2,1-2H3,(H,18,21)(H,17,19,22). The number of aromatic nitrogens is 2. The number of nitrogens with one attached hydrogen (secondary N) is 2. The third kappa shape index (κ3) is 2.57. The monoisotopic (exact) mass is 318 g/mol. The summed E-state index contributed by atoms with van der Waals surface area (Å²) < 4.78 is 1.57. The van der Waals surface area contributed by atoms with Crippen LogP contribution in [0.15, 0.2) is 24.3 Å². The highest BCUT2D eigenvalue weighted by Gasteiger charge is 2.29. The molecule has 2 heterocycles. The fourth-order valence-corrected chi connectivity index (χ4v) is 2.56. The van der Waals surface area contributed by atoms with Gasteiger partial charge in [0.15, 0.2) is 5.82 Å². The second kappa shape index (κ2) is 5.46. The van der Waals surface area contributed by atoms with E-state index in [1.54, 1.807) is 36.0 Å². The fourth-order valence-electron chi connectivity index (χ4n) is 2.44. The maximum absolute atomic E-state index is 12.3. The Labute approximate surface area is 132 Å². The molecule has 6 nitrogen and oxygen atoms in total. The summed E-state index contributed by atoms with van der Waals surface area (Å²) in [5.74, 6) is 0.662. The first-order chi connectivity index (χ1) is 10.5. The molecule has 1 aromatic heterocycles. The lowest BCUT2D eigenvalue weighted by molar-refractivity contribution is -0.119. The summed E-state index contributed by atoms with van der Waals surface area (Å²) in [6.07, 6.45) is 0.547. The van der Waals surface area contributed by atoms with Gasteiger partial charge in [0.25, 0.3) is 5.91 Å². The molecule has 2 aromatic rings. The molecule has 1 aliphatic heterocycles. The molecule has 0 radical (unpaired) electrons. The summed E-state index contributed by atoms with van der Waals surface area (Å²) in [5.41, 5.74) is 1.34. The van der Waals surface area contributed by atoms with Crippen LogP contribution < -0.4 is 10.6 Å².